The number of nitrogens with zero attached hydrogens (tertiary/aromatic N) is 4. The van der Waals surface area contributed by atoms with E-state index >= 15 is 0 Å². The summed E-state index contributed by atoms with van der Waals surface area (Å²) < 4.78 is 7.02. The minimum atomic E-state index is -0.356. The zero-order chi connectivity index (χ0) is 31.8. The van der Waals surface area contributed by atoms with Crippen LogP contribution in [0.5, 0.6) is 0 Å². The number of anilines is 1. The molecule has 1 N–H and O–H groups in total. The number of piperidine rings is 1. The third-order valence-corrected chi connectivity index (χ3v) is 9.96. The second-order valence-electron chi connectivity index (χ2n) is 12.9. The SMILES string of the molecule is CCOC(=O)c1cnn(-c2cccc(-c3cccc4c3C(Nc3ccc(C5CCN(C(=O)C6CC6)CC5)cc3C)CC4)n2)c1CC. The Bertz CT molecular complexity index is 1770. The summed E-state index contributed by atoms with van der Waals surface area (Å²) in [6, 6.07) is 19.6. The molecule has 8 heteroatoms. The minimum absolute atomic E-state index is 0.171. The van der Waals surface area contributed by atoms with Crippen molar-refractivity contribution in [3.63, 3.8) is 0 Å². The van der Waals surface area contributed by atoms with Crippen LogP contribution < -0.4 is 5.32 Å². The molecule has 8 nitrogen and oxygen atoms in total. The van der Waals surface area contributed by atoms with Crippen LogP contribution in [-0.2, 0) is 22.4 Å². The van der Waals surface area contributed by atoms with Crippen LogP contribution in [-0.4, -0.2) is 51.2 Å². The molecular formula is C38H43N5O3. The highest BCUT2D eigenvalue weighted by molar-refractivity contribution is 5.90. The van der Waals surface area contributed by atoms with Crippen LogP contribution in [0, 0.1) is 12.8 Å². The molecule has 0 bridgehead atoms. The molecule has 1 atom stereocenters. The number of aromatic nitrogens is 3. The van der Waals surface area contributed by atoms with Gasteiger partial charge >= 0.3 is 5.97 Å². The molecule has 7 rings (SSSR count). The molecule has 1 saturated heterocycles. The number of hydrogen-bond acceptors (Lipinski definition) is 6. The summed E-state index contributed by atoms with van der Waals surface area (Å²) in [7, 11) is 0. The number of ether oxygens (including phenoxy) is 1. The number of hydrogen-bond donors (Lipinski definition) is 1. The number of aryl methyl sites for hydroxylation is 2. The summed E-state index contributed by atoms with van der Waals surface area (Å²) in [4.78, 5) is 32.2. The van der Waals surface area contributed by atoms with Crippen molar-refractivity contribution in [1.82, 2.24) is 19.7 Å². The third-order valence-electron chi connectivity index (χ3n) is 9.96. The number of amides is 1. The molecule has 2 fully saturated rings. The summed E-state index contributed by atoms with van der Waals surface area (Å²) >= 11 is 0. The van der Waals surface area contributed by atoms with E-state index in [1.165, 1.54) is 22.3 Å². The third kappa shape index (κ3) is 5.81. The van der Waals surface area contributed by atoms with Gasteiger partial charge in [0.05, 0.1) is 30.2 Å². The van der Waals surface area contributed by atoms with Crippen LogP contribution in [0.3, 0.4) is 0 Å². The number of pyridine rings is 1. The average Bonchev–Trinajstić information content (AvgIpc) is 3.72. The fourth-order valence-electron chi connectivity index (χ4n) is 7.35. The van der Waals surface area contributed by atoms with Gasteiger partial charge in [-0.05, 0) is 105 Å². The average molecular weight is 618 g/mol. The van der Waals surface area contributed by atoms with E-state index in [0.29, 0.717) is 42.2 Å². The summed E-state index contributed by atoms with van der Waals surface area (Å²) in [5.74, 6) is 1.51. The maximum atomic E-state index is 12.5. The van der Waals surface area contributed by atoms with Crippen LogP contribution in [0.2, 0.25) is 0 Å². The van der Waals surface area contributed by atoms with Gasteiger partial charge in [0.25, 0.3) is 0 Å². The topological polar surface area (TPSA) is 89.4 Å². The van der Waals surface area contributed by atoms with Gasteiger partial charge in [0, 0.05) is 30.3 Å². The van der Waals surface area contributed by atoms with E-state index in [9.17, 15) is 9.59 Å². The Morgan fingerprint density at radius 1 is 0.978 bits per heavy atom. The van der Waals surface area contributed by atoms with Crippen LogP contribution in [0.25, 0.3) is 17.1 Å². The zero-order valence-electron chi connectivity index (χ0n) is 27.1. The molecule has 1 aliphatic heterocycles. The molecule has 46 heavy (non-hydrogen) atoms. The standard InChI is InChI=1S/C38H43N5O3/c1-4-34-30(38(45)46-5-2)23-39-43(34)35-11-7-10-32(41-35)29-9-6-8-26-14-17-33(36(26)29)40-31-16-15-28(22-24(31)3)25-18-20-42(21-19-25)37(44)27-12-13-27/h6-11,15-16,22-23,25,27,33,40H,4-5,12-14,17-21H2,1-3H3. The van der Waals surface area contributed by atoms with Crippen molar-refractivity contribution < 1.29 is 14.3 Å². The van der Waals surface area contributed by atoms with Crippen molar-refractivity contribution in [2.24, 2.45) is 5.92 Å². The highest BCUT2D eigenvalue weighted by atomic mass is 16.5. The lowest BCUT2D eigenvalue weighted by atomic mass is 9.88. The van der Waals surface area contributed by atoms with Crippen LogP contribution in [0.1, 0.15) is 96.2 Å². The van der Waals surface area contributed by atoms with E-state index in [1.807, 2.05) is 19.1 Å². The van der Waals surface area contributed by atoms with Crippen molar-refractivity contribution in [3.05, 3.63) is 94.3 Å². The zero-order valence-corrected chi connectivity index (χ0v) is 27.1. The normalized spacial score (nSPS) is 18.0. The first kappa shape index (κ1) is 30.2. The lowest BCUT2D eigenvalue weighted by molar-refractivity contribution is -0.133. The number of fused-ring (bicyclic) bond motifs is 1. The molecule has 0 spiro atoms. The number of carbonyl (C=O) groups is 2. The molecule has 0 radical (unpaired) electrons. The summed E-state index contributed by atoms with van der Waals surface area (Å²) in [5.41, 5.74) is 9.72. The van der Waals surface area contributed by atoms with E-state index in [1.54, 1.807) is 17.8 Å². The Hall–Kier alpha value is -4.46. The Morgan fingerprint density at radius 2 is 1.78 bits per heavy atom. The van der Waals surface area contributed by atoms with Crippen molar-refractivity contribution in [3.8, 4) is 17.1 Å². The predicted molar refractivity (Wildman–Crippen MR) is 179 cm³/mol. The lowest BCUT2D eigenvalue weighted by Gasteiger charge is -2.32. The quantitative estimate of drug-likeness (QED) is 0.200. The van der Waals surface area contributed by atoms with Gasteiger partial charge in [0.1, 0.15) is 5.56 Å². The van der Waals surface area contributed by atoms with Gasteiger partial charge in [-0.15, -0.1) is 0 Å². The van der Waals surface area contributed by atoms with Gasteiger partial charge in [-0.2, -0.15) is 5.10 Å². The molecule has 3 heterocycles. The largest absolute Gasteiger partial charge is 0.462 e. The van der Waals surface area contributed by atoms with E-state index in [-0.39, 0.29) is 12.0 Å². The minimum Gasteiger partial charge on any atom is -0.462 e. The number of benzene rings is 2. The van der Waals surface area contributed by atoms with E-state index in [4.69, 9.17) is 9.72 Å². The molecule has 1 amide bonds. The van der Waals surface area contributed by atoms with E-state index < -0.39 is 0 Å². The van der Waals surface area contributed by atoms with Gasteiger partial charge < -0.3 is 15.0 Å². The summed E-state index contributed by atoms with van der Waals surface area (Å²) in [6.07, 6.45) is 8.47. The van der Waals surface area contributed by atoms with Crippen molar-refractivity contribution in [1.29, 1.82) is 0 Å². The molecule has 2 aliphatic carbocycles. The Morgan fingerprint density at radius 3 is 2.52 bits per heavy atom. The van der Waals surface area contributed by atoms with E-state index in [2.05, 4.69) is 64.7 Å². The number of nitrogens with one attached hydrogen (secondary N) is 1. The van der Waals surface area contributed by atoms with Crippen molar-refractivity contribution in [2.45, 2.75) is 77.7 Å². The summed E-state index contributed by atoms with van der Waals surface area (Å²) in [6.45, 7) is 8.09. The van der Waals surface area contributed by atoms with Gasteiger partial charge in [-0.1, -0.05) is 43.3 Å². The number of esters is 1. The Labute approximate surface area is 271 Å². The molecule has 2 aromatic carbocycles. The lowest BCUT2D eigenvalue weighted by Crippen LogP contribution is -2.38. The second kappa shape index (κ2) is 12.7. The molecule has 1 saturated carbocycles. The highest BCUT2D eigenvalue weighted by Crippen LogP contribution is 2.41. The fraction of sp³-hybridized carbons (Fsp3) is 0.421. The molecular weight excluding hydrogens is 574 g/mol. The monoisotopic (exact) mass is 617 g/mol. The van der Waals surface area contributed by atoms with Crippen LogP contribution >= 0.6 is 0 Å². The number of carbonyl (C=O) groups excluding carboxylic acids is 2. The smallest absolute Gasteiger partial charge is 0.341 e. The molecule has 2 aromatic heterocycles. The molecule has 238 valence electrons. The number of rotatable bonds is 9. The van der Waals surface area contributed by atoms with Gasteiger partial charge in [-0.25, -0.2) is 14.5 Å². The van der Waals surface area contributed by atoms with Gasteiger partial charge in [-0.3, -0.25) is 4.79 Å². The summed E-state index contributed by atoms with van der Waals surface area (Å²) in [5, 5.41) is 8.42. The molecule has 1 unspecified atom stereocenters. The van der Waals surface area contributed by atoms with Crippen LogP contribution in [0.15, 0.2) is 60.8 Å². The van der Waals surface area contributed by atoms with Crippen molar-refractivity contribution in [2.75, 3.05) is 25.0 Å². The maximum Gasteiger partial charge on any atom is 0.341 e. The van der Waals surface area contributed by atoms with Crippen LogP contribution in [0.4, 0.5) is 5.69 Å². The first-order chi connectivity index (χ1) is 22.4. The van der Waals surface area contributed by atoms with Gasteiger partial charge in [0.15, 0.2) is 5.82 Å². The van der Waals surface area contributed by atoms with Crippen molar-refractivity contribution >= 4 is 17.6 Å². The van der Waals surface area contributed by atoms with E-state index in [0.717, 1.165) is 74.3 Å². The fourth-order valence-corrected chi connectivity index (χ4v) is 7.35. The Balaban J connectivity index is 1.11. The van der Waals surface area contributed by atoms with Gasteiger partial charge in [0.2, 0.25) is 5.91 Å². The predicted octanol–water partition coefficient (Wildman–Crippen LogP) is 7.20. The maximum absolute atomic E-state index is 12.5. The molecule has 3 aliphatic rings. The number of likely N-dealkylation sites (tertiary alicyclic amines) is 1. The molecule has 4 aromatic rings. The highest BCUT2D eigenvalue weighted by Gasteiger charge is 2.35. The Kier molecular flexibility index (Phi) is 8.36. The first-order valence-corrected chi connectivity index (χ1v) is 16.9. The first-order valence-electron chi connectivity index (χ1n) is 16.9. The second-order valence-corrected chi connectivity index (χ2v) is 12.9.